The van der Waals surface area contributed by atoms with Gasteiger partial charge in [0.15, 0.2) is 0 Å². The molecule has 0 bridgehead atoms. The molecule has 29 heavy (non-hydrogen) atoms. The zero-order chi connectivity index (χ0) is 21.0. The number of para-hydroxylation sites is 1. The van der Waals surface area contributed by atoms with Gasteiger partial charge in [0, 0.05) is 24.8 Å². The molecule has 1 aliphatic rings. The van der Waals surface area contributed by atoms with E-state index in [1.165, 1.54) is 0 Å². The summed E-state index contributed by atoms with van der Waals surface area (Å²) < 4.78 is 4.43. The third-order valence-electron chi connectivity index (χ3n) is 4.94. The van der Waals surface area contributed by atoms with Gasteiger partial charge in [0.25, 0.3) is 5.91 Å². The van der Waals surface area contributed by atoms with Gasteiger partial charge in [-0.1, -0.05) is 32.0 Å². The van der Waals surface area contributed by atoms with Crippen LogP contribution in [0.2, 0.25) is 0 Å². The van der Waals surface area contributed by atoms with Crippen molar-refractivity contribution in [3.63, 3.8) is 0 Å². The van der Waals surface area contributed by atoms with Crippen LogP contribution in [-0.2, 0) is 9.59 Å². The van der Waals surface area contributed by atoms with Crippen molar-refractivity contribution in [1.29, 1.82) is 0 Å². The molecule has 1 fully saturated rings. The Balaban J connectivity index is 1.57. The van der Waals surface area contributed by atoms with Crippen LogP contribution in [0, 0.1) is 11.8 Å². The highest BCUT2D eigenvalue weighted by Crippen LogP contribution is 2.25. The molecule has 0 aliphatic carbocycles. The Morgan fingerprint density at radius 2 is 2.00 bits per heavy atom. The van der Waals surface area contributed by atoms with Crippen molar-refractivity contribution in [1.82, 2.24) is 20.9 Å². The Bertz CT molecular complexity index is 882. The van der Waals surface area contributed by atoms with Crippen molar-refractivity contribution in [3.8, 4) is 0 Å². The number of carbonyl (C=O) groups is 3. The van der Waals surface area contributed by atoms with Gasteiger partial charge >= 0.3 is 0 Å². The SMILES string of the molecule is CC(C)C(CNC(=O)C1CCN(c2ccccc2)C1=O)NC(=O)c1nonc1N. The number of benzene rings is 1. The lowest BCUT2D eigenvalue weighted by Gasteiger charge is -2.23. The fraction of sp³-hybridized carbons (Fsp3) is 0.421. The second-order valence-electron chi connectivity index (χ2n) is 7.23. The van der Waals surface area contributed by atoms with Crippen molar-refractivity contribution in [3.05, 3.63) is 36.0 Å². The zero-order valence-corrected chi connectivity index (χ0v) is 16.3. The van der Waals surface area contributed by atoms with Gasteiger partial charge in [-0.2, -0.15) is 0 Å². The lowest BCUT2D eigenvalue weighted by molar-refractivity contribution is -0.132. The Morgan fingerprint density at radius 3 is 2.62 bits per heavy atom. The van der Waals surface area contributed by atoms with Crippen LogP contribution in [-0.4, -0.2) is 47.2 Å². The molecule has 3 amide bonds. The molecule has 2 unspecified atom stereocenters. The van der Waals surface area contributed by atoms with E-state index in [1.807, 2.05) is 44.2 Å². The molecule has 1 aliphatic heterocycles. The van der Waals surface area contributed by atoms with Gasteiger partial charge in [0.2, 0.25) is 23.3 Å². The van der Waals surface area contributed by atoms with E-state index in [0.717, 1.165) is 5.69 Å². The summed E-state index contributed by atoms with van der Waals surface area (Å²) in [6.45, 7) is 4.46. The van der Waals surface area contributed by atoms with E-state index < -0.39 is 11.8 Å². The summed E-state index contributed by atoms with van der Waals surface area (Å²) in [4.78, 5) is 39.1. The van der Waals surface area contributed by atoms with E-state index in [1.54, 1.807) is 4.90 Å². The first-order chi connectivity index (χ1) is 13.9. The Labute approximate surface area is 167 Å². The number of aromatic nitrogens is 2. The smallest absolute Gasteiger partial charge is 0.277 e. The number of nitrogens with one attached hydrogen (secondary N) is 2. The van der Waals surface area contributed by atoms with E-state index in [9.17, 15) is 14.4 Å². The molecule has 2 heterocycles. The number of nitrogens with zero attached hydrogens (tertiary/aromatic N) is 3. The molecular formula is C19H24N6O4. The highest BCUT2D eigenvalue weighted by Gasteiger charge is 2.37. The molecule has 1 aromatic carbocycles. The molecule has 154 valence electrons. The van der Waals surface area contributed by atoms with E-state index in [4.69, 9.17) is 5.73 Å². The largest absolute Gasteiger partial charge is 0.379 e. The summed E-state index contributed by atoms with van der Waals surface area (Å²) in [5.74, 6) is -1.94. The number of rotatable bonds is 7. The minimum Gasteiger partial charge on any atom is -0.379 e. The minimum atomic E-state index is -0.742. The number of anilines is 2. The van der Waals surface area contributed by atoms with Crippen LogP contribution in [0.3, 0.4) is 0 Å². The molecule has 10 heteroatoms. The fourth-order valence-corrected chi connectivity index (χ4v) is 3.16. The van der Waals surface area contributed by atoms with Gasteiger partial charge < -0.3 is 21.3 Å². The summed E-state index contributed by atoms with van der Waals surface area (Å²) in [7, 11) is 0. The van der Waals surface area contributed by atoms with Gasteiger partial charge in [-0.3, -0.25) is 14.4 Å². The third-order valence-corrected chi connectivity index (χ3v) is 4.94. The van der Waals surface area contributed by atoms with E-state index in [-0.39, 0.29) is 41.8 Å². The molecule has 2 atom stereocenters. The first-order valence-electron chi connectivity index (χ1n) is 9.41. The maximum atomic E-state index is 12.7. The summed E-state index contributed by atoms with van der Waals surface area (Å²) in [5.41, 5.74) is 6.21. The predicted molar refractivity (Wildman–Crippen MR) is 105 cm³/mol. The highest BCUT2D eigenvalue weighted by molar-refractivity contribution is 6.09. The van der Waals surface area contributed by atoms with Crippen LogP contribution in [0.1, 0.15) is 30.8 Å². The maximum absolute atomic E-state index is 12.7. The summed E-state index contributed by atoms with van der Waals surface area (Å²) in [6.07, 6.45) is 0.444. The van der Waals surface area contributed by atoms with E-state index in [0.29, 0.717) is 13.0 Å². The van der Waals surface area contributed by atoms with Crippen LogP contribution < -0.4 is 21.3 Å². The number of amides is 3. The molecule has 4 N–H and O–H groups in total. The van der Waals surface area contributed by atoms with Crippen LogP contribution in [0.5, 0.6) is 0 Å². The quantitative estimate of drug-likeness (QED) is 0.577. The number of nitrogen functional groups attached to an aromatic ring is 1. The lowest BCUT2D eigenvalue weighted by Crippen LogP contribution is -2.48. The monoisotopic (exact) mass is 400 g/mol. The van der Waals surface area contributed by atoms with Crippen molar-refractivity contribution < 1.29 is 19.0 Å². The predicted octanol–water partition coefficient (Wildman–Crippen LogP) is 0.576. The molecule has 0 radical (unpaired) electrons. The zero-order valence-electron chi connectivity index (χ0n) is 16.3. The second kappa shape index (κ2) is 8.72. The molecule has 1 saturated heterocycles. The number of nitrogens with two attached hydrogens (primary N) is 1. The number of carbonyl (C=O) groups excluding carboxylic acids is 3. The van der Waals surface area contributed by atoms with Crippen molar-refractivity contribution >= 4 is 29.2 Å². The Hall–Kier alpha value is -3.43. The van der Waals surface area contributed by atoms with Gasteiger partial charge in [-0.25, -0.2) is 4.63 Å². The normalized spacial score (nSPS) is 17.4. The topological polar surface area (TPSA) is 143 Å². The van der Waals surface area contributed by atoms with E-state index >= 15 is 0 Å². The molecule has 0 spiro atoms. The molecule has 10 nitrogen and oxygen atoms in total. The molecule has 3 rings (SSSR count). The van der Waals surface area contributed by atoms with Gasteiger partial charge in [0.05, 0.1) is 0 Å². The molecule has 2 aromatic rings. The fourth-order valence-electron chi connectivity index (χ4n) is 3.16. The Morgan fingerprint density at radius 1 is 1.28 bits per heavy atom. The second-order valence-corrected chi connectivity index (χ2v) is 7.23. The number of hydrogen-bond donors (Lipinski definition) is 3. The summed E-state index contributed by atoms with van der Waals surface area (Å²) in [6, 6.07) is 8.87. The average molecular weight is 400 g/mol. The summed E-state index contributed by atoms with van der Waals surface area (Å²) >= 11 is 0. The first kappa shape index (κ1) is 20.3. The van der Waals surface area contributed by atoms with Crippen LogP contribution >= 0.6 is 0 Å². The summed E-state index contributed by atoms with van der Waals surface area (Å²) in [5, 5.41) is 12.4. The van der Waals surface area contributed by atoms with Gasteiger partial charge in [-0.15, -0.1) is 0 Å². The molecule has 0 saturated carbocycles. The van der Waals surface area contributed by atoms with Gasteiger partial charge in [0.1, 0.15) is 5.92 Å². The first-order valence-corrected chi connectivity index (χ1v) is 9.41. The maximum Gasteiger partial charge on any atom is 0.277 e. The lowest BCUT2D eigenvalue weighted by atomic mass is 10.0. The third kappa shape index (κ3) is 4.53. The standard InChI is InChI=1S/C19H24N6O4/c1-11(2)14(22-18(27)15-16(20)24-29-23-15)10-21-17(26)13-8-9-25(19(13)28)12-6-4-3-5-7-12/h3-7,11,13-14H,8-10H2,1-2H3,(H2,20,24)(H,21,26)(H,22,27). The average Bonchev–Trinajstić information content (AvgIpc) is 3.30. The van der Waals surface area contributed by atoms with E-state index in [2.05, 4.69) is 25.6 Å². The van der Waals surface area contributed by atoms with Crippen LogP contribution in [0.25, 0.3) is 0 Å². The minimum absolute atomic E-state index is 0.0143. The Kier molecular flexibility index (Phi) is 6.10. The van der Waals surface area contributed by atoms with Crippen molar-refractivity contribution in [2.24, 2.45) is 11.8 Å². The van der Waals surface area contributed by atoms with Crippen LogP contribution in [0.15, 0.2) is 35.0 Å². The van der Waals surface area contributed by atoms with Crippen molar-refractivity contribution in [2.45, 2.75) is 26.3 Å². The van der Waals surface area contributed by atoms with Gasteiger partial charge in [-0.05, 0) is 34.8 Å². The molecular weight excluding hydrogens is 376 g/mol. The molecule has 1 aromatic heterocycles. The highest BCUT2D eigenvalue weighted by atomic mass is 16.6. The van der Waals surface area contributed by atoms with Crippen molar-refractivity contribution in [2.75, 3.05) is 23.7 Å². The number of hydrogen-bond acceptors (Lipinski definition) is 7. The van der Waals surface area contributed by atoms with Crippen LogP contribution in [0.4, 0.5) is 11.5 Å².